The van der Waals surface area contributed by atoms with Crippen molar-refractivity contribution in [3.05, 3.63) is 35.9 Å². The molecule has 29 heavy (non-hydrogen) atoms. The molecule has 0 saturated carbocycles. The highest BCUT2D eigenvalue weighted by Crippen LogP contribution is 2.28. The van der Waals surface area contributed by atoms with Gasteiger partial charge in [0, 0.05) is 45.2 Å². The second-order valence-corrected chi connectivity index (χ2v) is 8.18. The summed E-state index contributed by atoms with van der Waals surface area (Å²) >= 11 is 0. The molecule has 1 aromatic carbocycles. The first-order chi connectivity index (χ1) is 14.0. The van der Waals surface area contributed by atoms with Gasteiger partial charge in [0.1, 0.15) is 6.04 Å². The highest BCUT2D eigenvalue weighted by atomic mass is 16.2. The van der Waals surface area contributed by atoms with E-state index in [0.29, 0.717) is 45.7 Å². The van der Waals surface area contributed by atoms with E-state index in [9.17, 15) is 14.4 Å². The molecule has 0 aromatic heterocycles. The monoisotopic (exact) mass is 400 g/mol. The first-order valence-corrected chi connectivity index (χ1v) is 10.6. The quantitative estimate of drug-likeness (QED) is 0.784. The van der Waals surface area contributed by atoms with Crippen LogP contribution in [0, 0.1) is 0 Å². The summed E-state index contributed by atoms with van der Waals surface area (Å²) in [7, 11) is 0. The Bertz CT molecular complexity index is 714. The Morgan fingerprint density at radius 3 is 2.31 bits per heavy atom. The third kappa shape index (κ3) is 5.56. The van der Waals surface area contributed by atoms with Gasteiger partial charge in [-0.1, -0.05) is 30.3 Å². The van der Waals surface area contributed by atoms with E-state index in [1.807, 2.05) is 49.1 Å². The van der Waals surface area contributed by atoms with Crippen molar-refractivity contribution in [2.45, 2.75) is 45.2 Å². The van der Waals surface area contributed by atoms with Gasteiger partial charge in [0.15, 0.2) is 0 Å². The lowest BCUT2D eigenvalue weighted by Crippen LogP contribution is -2.54. The number of piperazine rings is 1. The van der Waals surface area contributed by atoms with E-state index in [4.69, 9.17) is 0 Å². The number of nitrogens with zero attached hydrogens (tertiary/aromatic N) is 3. The van der Waals surface area contributed by atoms with Gasteiger partial charge in [-0.25, -0.2) is 0 Å². The van der Waals surface area contributed by atoms with Crippen molar-refractivity contribution in [3.8, 4) is 0 Å². The smallest absolute Gasteiger partial charge is 0.250 e. The predicted octanol–water partition coefficient (Wildman–Crippen LogP) is 1.41. The van der Waals surface area contributed by atoms with Crippen LogP contribution >= 0.6 is 0 Å². The van der Waals surface area contributed by atoms with Gasteiger partial charge in [-0.05, 0) is 32.3 Å². The Morgan fingerprint density at radius 1 is 1.00 bits per heavy atom. The molecular formula is C22H32N4O3. The van der Waals surface area contributed by atoms with Crippen molar-refractivity contribution in [1.82, 2.24) is 20.0 Å². The maximum absolute atomic E-state index is 13.5. The largest absolute Gasteiger partial charge is 0.353 e. The predicted molar refractivity (Wildman–Crippen MR) is 111 cm³/mol. The van der Waals surface area contributed by atoms with Crippen LogP contribution in [0.3, 0.4) is 0 Å². The summed E-state index contributed by atoms with van der Waals surface area (Å²) in [5.74, 6) is 0.0565. The Morgan fingerprint density at radius 2 is 1.69 bits per heavy atom. The van der Waals surface area contributed by atoms with E-state index in [-0.39, 0.29) is 23.8 Å². The summed E-state index contributed by atoms with van der Waals surface area (Å²) in [6.45, 7) is 7.32. The molecule has 2 saturated heterocycles. The van der Waals surface area contributed by atoms with Gasteiger partial charge < -0.3 is 15.1 Å². The van der Waals surface area contributed by atoms with Gasteiger partial charge in [-0.15, -0.1) is 0 Å². The molecule has 158 valence electrons. The van der Waals surface area contributed by atoms with Gasteiger partial charge in [-0.3, -0.25) is 19.3 Å². The third-order valence-corrected chi connectivity index (χ3v) is 5.52. The lowest BCUT2D eigenvalue weighted by molar-refractivity contribution is -0.149. The SMILES string of the molecule is CC(C)NC(=O)CN1CCN(C(=O)C(c2ccccc2)N2CCCCC2=O)CC1. The van der Waals surface area contributed by atoms with Crippen molar-refractivity contribution in [3.63, 3.8) is 0 Å². The lowest BCUT2D eigenvalue weighted by atomic mass is 9.99. The van der Waals surface area contributed by atoms with Crippen LogP contribution in [-0.2, 0) is 14.4 Å². The van der Waals surface area contributed by atoms with Crippen LogP contribution in [0.1, 0.15) is 44.7 Å². The van der Waals surface area contributed by atoms with E-state index in [0.717, 1.165) is 18.4 Å². The molecular weight excluding hydrogens is 368 g/mol. The van der Waals surface area contributed by atoms with E-state index < -0.39 is 6.04 Å². The maximum Gasteiger partial charge on any atom is 0.250 e. The number of hydrogen-bond acceptors (Lipinski definition) is 4. The fourth-order valence-electron chi connectivity index (χ4n) is 4.06. The van der Waals surface area contributed by atoms with Crippen LogP contribution in [-0.4, -0.2) is 77.7 Å². The molecule has 7 heteroatoms. The molecule has 1 atom stereocenters. The minimum Gasteiger partial charge on any atom is -0.353 e. The van der Waals surface area contributed by atoms with Crippen LogP contribution in [0.2, 0.25) is 0 Å². The molecule has 3 amide bonds. The number of rotatable bonds is 6. The van der Waals surface area contributed by atoms with Gasteiger partial charge in [0.05, 0.1) is 6.54 Å². The number of carbonyl (C=O) groups is 3. The number of likely N-dealkylation sites (tertiary alicyclic amines) is 1. The Hall–Kier alpha value is -2.41. The summed E-state index contributed by atoms with van der Waals surface area (Å²) in [4.78, 5) is 43.7. The molecule has 2 heterocycles. The minimum atomic E-state index is -0.556. The standard InChI is InChI=1S/C22H32N4O3/c1-17(2)23-19(27)16-24-12-14-25(15-13-24)22(29)21(18-8-4-3-5-9-18)26-11-7-6-10-20(26)28/h3-5,8-9,17,21H,6-7,10-16H2,1-2H3,(H,23,27). The molecule has 2 aliphatic heterocycles. The Labute approximate surface area is 173 Å². The molecule has 1 aromatic rings. The second-order valence-electron chi connectivity index (χ2n) is 8.18. The molecule has 0 spiro atoms. The number of piperidine rings is 1. The van der Waals surface area contributed by atoms with Gasteiger partial charge in [-0.2, -0.15) is 0 Å². The summed E-state index contributed by atoms with van der Waals surface area (Å²) in [5, 5.41) is 2.91. The zero-order chi connectivity index (χ0) is 20.8. The zero-order valence-corrected chi connectivity index (χ0v) is 17.5. The zero-order valence-electron chi connectivity index (χ0n) is 17.5. The summed E-state index contributed by atoms with van der Waals surface area (Å²) < 4.78 is 0. The molecule has 0 bridgehead atoms. The first kappa shape index (κ1) is 21.3. The molecule has 1 N–H and O–H groups in total. The molecule has 3 rings (SSSR count). The van der Waals surface area contributed by atoms with E-state index in [2.05, 4.69) is 10.2 Å². The van der Waals surface area contributed by atoms with Crippen molar-refractivity contribution in [1.29, 1.82) is 0 Å². The minimum absolute atomic E-state index is 0.0147. The molecule has 2 fully saturated rings. The van der Waals surface area contributed by atoms with Crippen molar-refractivity contribution >= 4 is 17.7 Å². The van der Waals surface area contributed by atoms with Crippen molar-refractivity contribution < 1.29 is 14.4 Å². The molecule has 0 aliphatic carbocycles. The molecule has 0 radical (unpaired) electrons. The number of hydrogen-bond donors (Lipinski definition) is 1. The number of nitrogens with one attached hydrogen (secondary N) is 1. The third-order valence-electron chi connectivity index (χ3n) is 5.52. The average Bonchev–Trinajstić information content (AvgIpc) is 2.70. The van der Waals surface area contributed by atoms with Crippen LogP contribution in [0.25, 0.3) is 0 Å². The van der Waals surface area contributed by atoms with Crippen molar-refractivity contribution in [2.24, 2.45) is 0 Å². The molecule has 1 unspecified atom stereocenters. The van der Waals surface area contributed by atoms with Gasteiger partial charge in [0.2, 0.25) is 17.7 Å². The van der Waals surface area contributed by atoms with Gasteiger partial charge >= 0.3 is 0 Å². The van der Waals surface area contributed by atoms with Crippen LogP contribution in [0.5, 0.6) is 0 Å². The second kappa shape index (κ2) is 9.87. The van der Waals surface area contributed by atoms with E-state index in [1.165, 1.54) is 0 Å². The Kier molecular flexibility index (Phi) is 7.25. The van der Waals surface area contributed by atoms with Crippen LogP contribution in [0.15, 0.2) is 30.3 Å². The summed E-state index contributed by atoms with van der Waals surface area (Å²) in [6, 6.07) is 9.17. The fourth-order valence-corrected chi connectivity index (χ4v) is 4.06. The normalized spacial score (nSPS) is 19.3. The van der Waals surface area contributed by atoms with Crippen molar-refractivity contribution in [2.75, 3.05) is 39.3 Å². The average molecular weight is 401 g/mol. The Balaban J connectivity index is 1.66. The van der Waals surface area contributed by atoms with E-state index in [1.54, 1.807) is 4.90 Å². The highest BCUT2D eigenvalue weighted by Gasteiger charge is 2.36. The number of benzene rings is 1. The number of carbonyl (C=O) groups excluding carboxylic acids is 3. The summed E-state index contributed by atoms with van der Waals surface area (Å²) in [5.41, 5.74) is 0.867. The molecule has 7 nitrogen and oxygen atoms in total. The lowest BCUT2D eigenvalue weighted by Gasteiger charge is -2.40. The first-order valence-electron chi connectivity index (χ1n) is 10.6. The van der Waals surface area contributed by atoms with Crippen LogP contribution < -0.4 is 5.32 Å². The summed E-state index contributed by atoms with van der Waals surface area (Å²) in [6.07, 6.45) is 2.33. The fraction of sp³-hybridized carbons (Fsp3) is 0.591. The maximum atomic E-state index is 13.5. The van der Waals surface area contributed by atoms with Crippen LogP contribution in [0.4, 0.5) is 0 Å². The molecule has 2 aliphatic rings. The van der Waals surface area contributed by atoms with E-state index >= 15 is 0 Å². The number of amides is 3. The highest BCUT2D eigenvalue weighted by molar-refractivity contribution is 5.89. The van der Waals surface area contributed by atoms with Gasteiger partial charge in [0.25, 0.3) is 0 Å². The topological polar surface area (TPSA) is 73.0 Å².